The number of Topliss-reactive ketones (excluding diaryl/α,β-unsaturated/α-hetero) is 1. The topological polar surface area (TPSA) is 85.0 Å². The van der Waals surface area contributed by atoms with E-state index >= 15 is 0 Å². The smallest absolute Gasteiger partial charge is 0.210 e. The number of carbonyl (C=O) groups is 1. The monoisotopic (exact) mass is 289 g/mol. The van der Waals surface area contributed by atoms with Gasteiger partial charge in [0.05, 0.1) is 0 Å². The molecule has 0 bridgehead atoms. The third-order valence-electron chi connectivity index (χ3n) is 3.41. The van der Waals surface area contributed by atoms with Crippen molar-refractivity contribution in [3.05, 3.63) is 30.1 Å². The third kappa shape index (κ3) is 2.62. The Balaban J connectivity index is 1.74. The summed E-state index contributed by atoms with van der Waals surface area (Å²) >= 11 is 1.36. The Morgan fingerprint density at radius 3 is 3.00 bits per heavy atom. The number of nitrogens with zero attached hydrogens (tertiary/aromatic N) is 4. The Kier molecular flexibility index (Phi) is 3.60. The molecule has 3 rings (SSSR count). The van der Waals surface area contributed by atoms with Gasteiger partial charge in [0.1, 0.15) is 5.69 Å². The predicted molar refractivity (Wildman–Crippen MR) is 77.8 cm³/mol. The fourth-order valence-corrected chi connectivity index (χ4v) is 3.08. The molecule has 1 saturated heterocycles. The third-order valence-corrected chi connectivity index (χ3v) is 4.22. The van der Waals surface area contributed by atoms with Gasteiger partial charge in [-0.3, -0.25) is 9.78 Å². The molecule has 1 fully saturated rings. The van der Waals surface area contributed by atoms with Crippen molar-refractivity contribution in [2.24, 2.45) is 5.92 Å². The van der Waals surface area contributed by atoms with Crippen LogP contribution in [0.3, 0.4) is 0 Å². The van der Waals surface area contributed by atoms with Crippen LogP contribution >= 0.6 is 11.3 Å². The van der Waals surface area contributed by atoms with Gasteiger partial charge in [-0.25, -0.2) is 0 Å². The summed E-state index contributed by atoms with van der Waals surface area (Å²) < 4.78 is 0. The Bertz CT molecular complexity index is 600. The molecule has 104 valence electrons. The lowest BCUT2D eigenvalue weighted by Gasteiger charge is -2.31. The SMILES string of the molecule is Nc1nnc(N2CCCC(C(=O)c3ccccn3)C2)s1. The lowest BCUT2D eigenvalue weighted by atomic mass is 9.92. The number of pyridine rings is 1. The molecule has 20 heavy (non-hydrogen) atoms. The van der Waals surface area contributed by atoms with E-state index in [1.807, 2.05) is 12.1 Å². The molecule has 2 aromatic heterocycles. The van der Waals surface area contributed by atoms with Gasteiger partial charge in [0.25, 0.3) is 0 Å². The highest BCUT2D eigenvalue weighted by atomic mass is 32.1. The van der Waals surface area contributed by atoms with Gasteiger partial charge in [-0.15, -0.1) is 10.2 Å². The van der Waals surface area contributed by atoms with E-state index in [1.165, 1.54) is 11.3 Å². The summed E-state index contributed by atoms with van der Waals surface area (Å²) in [6.07, 6.45) is 3.50. The van der Waals surface area contributed by atoms with Crippen molar-refractivity contribution in [2.45, 2.75) is 12.8 Å². The summed E-state index contributed by atoms with van der Waals surface area (Å²) in [6, 6.07) is 5.42. The van der Waals surface area contributed by atoms with Crippen LogP contribution in [0.15, 0.2) is 24.4 Å². The van der Waals surface area contributed by atoms with Crippen LogP contribution in [0.2, 0.25) is 0 Å². The number of aromatic nitrogens is 3. The van der Waals surface area contributed by atoms with Crippen molar-refractivity contribution < 1.29 is 4.79 Å². The Hall–Kier alpha value is -2.02. The molecule has 0 aromatic carbocycles. The van der Waals surface area contributed by atoms with E-state index in [2.05, 4.69) is 20.1 Å². The number of piperidine rings is 1. The van der Waals surface area contributed by atoms with Crippen LogP contribution in [0.5, 0.6) is 0 Å². The number of rotatable bonds is 3. The fourth-order valence-electron chi connectivity index (χ4n) is 2.44. The first-order valence-corrected chi connectivity index (χ1v) is 7.35. The van der Waals surface area contributed by atoms with Crippen molar-refractivity contribution >= 4 is 27.4 Å². The van der Waals surface area contributed by atoms with Crippen LogP contribution in [0, 0.1) is 5.92 Å². The van der Waals surface area contributed by atoms with E-state index in [0.717, 1.165) is 24.5 Å². The van der Waals surface area contributed by atoms with Gasteiger partial charge in [0.2, 0.25) is 10.3 Å². The molecule has 2 aromatic rings. The lowest BCUT2D eigenvalue weighted by Crippen LogP contribution is -2.39. The van der Waals surface area contributed by atoms with Crippen LogP contribution in [0.1, 0.15) is 23.3 Å². The zero-order valence-electron chi connectivity index (χ0n) is 10.9. The van der Waals surface area contributed by atoms with E-state index in [1.54, 1.807) is 12.3 Å². The highest BCUT2D eigenvalue weighted by Crippen LogP contribution is 2.28. The number of anilines is 2. The Labute approximate surface area is 120 Å². The molecule has 6 nitrogen and oxygen atoms in total. The second kappa shape index (κ2) is 5.54. The minimum Gasteiger partial charge on any atom is -0.374 e. The van der Waals surface area contributed by atoms with E-state index in [-0.39, 0.29) is 11.7 Å². The lowest BCUT2D eigenvalue weighted by molar-refractivity contribution is 0.0902. The molecule has 1 aliphatic rings. The van der Waals surface area contributed by atoms with E-state index in [4.69, 9.17) is 5.73 Å². The maximum absolute atomic E-state index is 12.4. The molecule has 2 N–H and O–H groups in total. The Morgan fingerprint density at radius 2 is 2.30 bits per heavy atom. The molecular formula is C13H15N5OS. The summed E-state index contributed by atoms with van der Waals surface area (Å²) in [6.45, 7) is 1.55. The minimum atomic E-state index is -0.0382. The van der Waals surface area contributed by atoms with Crippen LogP contribution in [-0.4, -0.2) is 34.1 Å². The summed E-state index contributed by atoms with van der Waals surface area (Å²) in [5.41, 5.74) is 6.15. The molecule has 7 heteroatoms. The zero-order valence-corrected chi connectivity index (χ0v) is 11.7. The molecule has 1 aliphatic heterocycles. The number of hydrogen-bond acceptors (Lipinski definition) is 7. The average Bonchev–Trinajstić information content (AvgIpc) is 2.94. The minimum absolute atomic E-state index is 0.0382. The maximum Gasteiger partial charge on any atom is 0.210 e. The molecule has 0 radical (unpaired) electrons. The number of hydrogen-bond donors (Lipinski definition) is 1. The molecular weight excluding hydrogens is 274 g/mol. The maximum atomic E-state index is 12.4. The second-order valence-electron chi connectivity index (χ2n) is 4.79. The Morgan fingerprint density at radius 1 is 1.40 bits per heavy atom. The first-order chi connectivity index (χ1) is 9.74. The van der Waals surface area contributed by atoms with Gasteiger partial charge < -0.3 is 10.6 Å². The summed E-state index contributed by atoms with van der Waals surface area (Å²) in [4.78, 5) is 18.7. The molecule has 1 atom stereocenters. The van der Waals surface area contributed by atoms with Crippen molar-refractivity contribution in [1.82, 2.24) is 15.2 Å². The summed E-state index contributed by atoms with van der Waals surface area (Å²) in [7, 11) is 0. The highest BCUT2D eigenvalue weighted by molar-refractivity contribution is 7.18. The zero-order chi connectivity index (χ0) is 13.9. The van der Waals surface area contributed by atoms with Crippen molar-refractivity contribution in [3.63, 3.8) is 0 Å². The van der Waals surface area contributed by atoms with Gasteiger partial charge in [-0.05, 0) is 25.0 Å². The van der Waals surface area contributed by atoms with E-state index < -0.39 is 0 Å². The van der Waals surface area contributed by atoms with Crippen molar-refractivity contribution in [3.8, 4) is 0 Å². The number of ketones is 1. The number of nitrogen functional groups attached to an aromatic ring is 1. The largest absolute Gasteiger partial charge is 0.374 e. The van der Waals surface area contributed by atoms with Gasteiger partial charge in [0, 0.05) is 25.2 Å². The quantitative estimate of drug-likeness (QED) is 0.864. The standard InChI is InChI=1S/C13H15N5OS/c14-12-16-17-13(20-12)18-7-3-4-9(8-18)11(19)10-5-1-2-6-15-10/h1-2,5-6,9H,3-4,7-8H2,(H2,14,16). The predicted octanol–water partition coefficient (Wildman–Crippen LogP) is 1.61. The van der Waals surface area contributed by atoms with Crippen LogP contribution in [-0.2, 0) is 0 Å². The van der Waals surface area contributed by atoms with E-state index in [0.29, 0.717) is 17.4 Å². The van der Waals surface area contributed by atoms with Crippen LogP contribution in [0.4, 0.5) is 10.3 Å². The normalized spacial score (nSPS) is 19.0. The molecule has 0 aliphatic carbocycles. The van der Waals surface area contributed by atoms with Crippen LogP contribution in [0.25, 0.3) is 0 Å². The van der Waals surface area contributed by atoms with Gasteiger partial charge >= 0.3 is 0 Å². The van der Waals surface area contributed by atoms with Crippen molar-refractivity contribution in [1.29, 1.82) is 0 Å². The molecule has 0 spiro atoms. The fraction of sp³-hybridized carbons (Fsp3) is 0.385. The van der Waals surface area contributed by atoms with Gasteiger partial charge in [-0.1, -0.05) is 17.4 Å². The summed E-state index contributed by atoms with van der Waals surface area (Å²) in [5, 5.41) is 9.12. The van der Waals surface area contributed by atoms with Gasteiger partial charge in [0.15, 0.2) is 5.78 Å². The number of carbonyl (C=O) groups excluding carboxylic acids is 1. The first kappa shape index (κ1) is 13.0. The number of nitrogens with two attached hydrogens (primary N) is 1. The first-order valence-electron chi connectivity index (χ1n) is 6.53. The second-order valence-corrected chi connectivity index (χ2v) is 5.77. The van der Waals surface area contributed by atoms with Crippen LogP contribution < -0.4 is 10.6 Å². The van der Waals surface area contributed by atoms with E-state index in [9.17, 15) is 4.79 Å². The molecule has 3 heterocycles. The molecule has 0 amide bonds. The highest BCUT2D eigenvalue weighted by Gasteiger charge is 2.28. The molecule has 1 unspecified atom stereocenters. The summed E-state index contributed by atoms with van der Waals surface area (Å²) in [5.74, 6) is 0.0663. The van der Waals surface area contributed by atoms with Crippen molar-refractivity contribution in [2.75, 3.05) is 23.7 Å². The molecule has 0 saturated carbocycles. The average molecular weight is 289 g/mol. The van der Waals surface area contributed by atoms with Gasteiger partial charge in [-0.2, -0.15) is 0 Å².